The number of aromatic nitrogens is 2. The number of carbonyl (C=O) groups excluding carboxylic acids is 2. The molecular formula is C18H15ClN4O5. The van der Waals surface area contributed by atoms with Crippen molar-refractivity contribution in [2.45, 2.75) is 0 Å². The number of Topliss-reactive ketones (excluding diaryl/α,β-unsaturated/α-hetero) is 1. The highest BCUT2D eigenvalue weighted by molar-refractivity contribution is 6.30. The smallest absolute Gasteiger partial charge is 0.349 e. The fourth-order valence-corrected chi connectivity index (χ4v) is 2.39. The van der Waals surface area contributed by atoms with E-state index in [0.717, 1.165) is 4.57 Å². The van der Waals surface area contributed by atoms with Crippen molar-refractivity contribution >= 4 is 35.2 Å². The quantitative estimate of drug-likeness (QED) is 0.335. The summed E-state index contributed by atoms with van der Waals surface area (Å²) >= 11 is 5.77. The number of nitrogens with zero attached hydrogens (tertiary/aromatic N) is 3. The molecule has 10 heteroatoms. The van der Waals surface area contributed by atoms with Crippen LogP contribution in [0.5, 0.6) is 0 Å². The highest BCUT2D eigenvalue weighted by atomic mass is 35.5. The second-order valence-corrected chi connectivity index (χ2v) is 6.12. The van der Waals surface area contributed by atoms with Gasteiger partial charge in [-0.25, -0.2) is 9.59 Å². The van der Waals surface area contributed by atoms with Crippen molar-refractivity contribution in [3.63, 3.8) is 0 Å². The van der Waals surface area contributed by atoms with Gasteiger partial charge in [0.2, 0.25) is 5.78 Å². The summed E-state index contributed by atoms with van der Waals surface area (Å²) in [6.45, 7) is -0.823. The molecule has 1 heterocycles. The maximum Gasteiger partial charge on any atom is 0.349 e. The predicted molar refractivity (Wildman–Crippen MR) is 102 cm³/mol. The Morgan fingerprint density at radius 3 is 2.39 bits per heavy atom. The van der Waals surface area contributed by atoms with Crippen molar-refractivity contribution in [2.24, 2.45) is 14.1 Å². The van der Waals surface area contributed by atoms with Crippen LogP contribution < -0.4 is 17.0 Å². The zero-order chi connectivity index (χ0) is 21.0. The van der Waals surface area contributed by atoms with E-state index < -0.39 is 35.2 Å². The summed E-state index contributed by atoms with van der Waals surface area (Å²) in [5.41, 5.74) is 3.77. The minimum absolute atomic E-state index is 0.341. The topological polar surface area (TPSA) is 137 Å². The number of ketones is 1. The Hall–Kier alpha value is -3.64. The zero-order valence-corrected chi connectivity index (χ0v) is 15.7. The van der Waals surface area contributed by atoms with E-state index in [9.17, 15) is 19.2 Å². The van der Waals surface area contributed by atoms with Crippen LogP contribution in [0.15, 0.2) is 39.4 Å². The number of anilines is 1. The summed E-state index contributed by atoms with van der Waals surface area (Å²) in [5.74, 6) is -2.29. The molecule has 0 aliphatic carbocycles. The van der Waals surface area contributed by atoms with Gasteiger partial charge in [-0.15, -0.1) is 0 Å². The van der Waals surface area contributed by atoms with E-state index in [1.807, 2.05) is 0 Å². The SMILES string of the molecule is Cn1c(N)c(C(=O)COC(=O)/C(C#N)=C/c2ccc(Cl)cc2)c(=O)n(C)c1=O. The van der Waals surface area contributed by atoms with E-state index in [4.69, 9.17) is 27.3 Å². The molecule has 0 spiro atoms. The maximum absolute atomic E-state index is 12.3. The molecule has 0 unspecified atom stereocenters. The van der Waals surface area contributed by atoms with Gasteiger partial charge in [0, 0.05) is 19.1 Å². The number of nitrogen functional groups attached to an aromatic ring is 1. The second-order valence-electron chi connectivity index (χ2n) is 5.69. The first-order valence-corrected chi connectivity index (χ1v) is 8.18. The molecule has 0 fully saturated rings. The third-order valence-corrected chi connectivity index (χ3v) is 4.10. The minimum atomic E-state index is -1.05. The fraction of sp³-hybridized carbons (Fsp3) is 0.167. The van der Waals surface area contributed by atoms with E-state index in [1.54, 1.807) is 30.3 Å². The molecule has 0 amide bonds. The average molecular weight is 403 g/mol. The third kappa shape index (κ3) is 4.19. The van der Waals surface area contributed by atoms with Gasteiger partial charge >= 0.3 is 11.7 Å². The van der Waals surface area contributed by atoms with Crippen molar-refractivity contribution in [1.82, 2.24) is 9.13 Å². The first-order valence-electron chi connectivity index (χ1n) is 7.80. The molecule has 1 aromatic carbocycles. The summed E-state index contributed by atoms with van der Waals surface area (Å²) in [4.78, 5) is 48.3. The molecule has 28 heavy (non-hydrogen) atoms. The van der Waals surface area contributed by atoms with Gasteiger partial charge in [0.1, 0.15) is 23.0 Å². The van der Waals surface area contributed by atoms with E-state index >= 15 is 0 Å². The van der Waals surface area contributed by atoms with Crippen molar-refractivity contribution < 1.29 is 14.3 Å². The van der Waals surface area contributed by atoms with Gasteiger partial charge < -0.3 is 10.5 Å². The van der Waals surface area contributed by atoms with Gasteiger partial charge in [-0.05, 0) is 23.8 Å². The van der Waals surface area contributed by atoms with Gasteiger partial charge in [-0.1, -0.05) is 23.7 Å². The molecule has 1 aromatic heterocycles. The highest BCUT2D eigenvalue weighted by Crippen LogP contribution is 2.13. The lowest BCUT2D eigenvalue weighted by molar-refractivity contribution is -0.137. The summed E-state index contributed by atoms with van der Waals surface area (Å²) in [6, 6.07) is 8.02. The number of hydrogen-bond donors (Lipinski definition) is 1. The first-order chi connectivity index (χ1) is 13.2. The third-order valence-electron chi connectivity index (χ3n) is 3.84. The second kappa shape index (κ2) is 8.37. The summed E-state index contributed by atoms with van der Waals surface area (Å²) in [5, 5.41) is 9.63. The number of halogens is 1. The Labute approximate surface area is 163 Å². The molecule has 0 atom stereocenters. The van der Waals surface area contributed by atoms with Crippen LogP contribution >= 0.6 is 11.6 Å². The van der Waals surface area contributed by atoms with Crippen LogP contribution in [-0.2, 0) is 23.6 Å². The largest absolute Gasteiger partial charge is 0.453 e. The van der Waals surface area contributed by atoms with E-state index in [2.05, 4.69) is 0 Å². The molecule has 144 valence electrons. The average Bonchev–Trinajstić information content (AvgIpc) is 2.68. The lowest BCUT2D eigenvalue weighted by Gasteiger charge is -2.10. The molecule has 2 rings (SSSR count). The lowest BCUT2D eigenvalue weighted by atomic mass is 10.1. The standard InChI is InChI=1S/C18H15ClN4O5/c1-22-15(21)14(16(25)23(2)18(22)27)13(24)9-28-17(26)11(8-20)7-10-3-5-12(19)6-4-10/h3-7H,9,21H2,1-2H3/b11-7+. The molecule has 2 aromatic rings. The van der Waals surface area contributed by atoms with Gasteiger partial charge in [0.15, 0.2) is 6.61 Å². The van der Waals surface area contributed by atoms with Gasteiger partial charge in [0.05, 0.1) is 0 Å². The number of hydrogen-bond acceptors (Lipinski definition) is 7. The monoisotopic (exact) mass is 402 g/mol. The van der Waals surface area contributed by atoms with Crippen LogP contribution in [0.3, 0.4) is 0 Å². The van der Waals surface area contributed by atoms with Crippen LogP contribution in [0.4, 0.5) is 5.82 Å². The molecule has 0 aliphatic heterocycles. The molecule has 9 nitrogen and oxygen atoms in total. The number of nitriles is 1. The normalized spacial score (nSPS) is 11.0. The van der Waals surface area contributed by atoms with Gasteiger partial charge in [0.25, 0.3) is 5.56 Å². The minimum Gasteiger partial charge on any atom is -0.453 e. The number of esters is 1. The van der Waals surface area contributed by atoms with E-state index in [-0.39, 0.29) is 11.4 Å². The molecular weight excluding hydrogens is 388 g/mol. The van der Waals surface area contributed by atoms with Crippen LogP contribution in [-0.4, -0.2) is 27.5 Å². The zero-order valence-electron chi connectivity index (χ0n) is 14.9. The number of carbonyl (C=O) groups is 2. The summed E-state index contributed by atoms with van der Waals surface area (Å²) < 4.78 is 6.47. The summed E-state index contributed by atoms with van der Waals surface area (Å²) in [7, 11) is 2.48. The van der Waals surface area contributed by atoms with Crippen molar-refractivity contribution in [3.05, 3.63) is 66.8 Å². The van der Waals surface area contributed by atoms with Crippen LogP contribution in [0.1, 0.15) is 15.9 Å². The first kappa shape index (κ1) is 20.7. The molecule has 0 aliphatic rings. The molecule has 0 saturated carbocycles. The molecule has 0 saturated heterocycles. The van der Waals surface area contributed by atoms with E-state index in [0.29, 0.717) is 15.2 Å². The summed E-state index contributed by atoms with van der Waals surface area (Å²) in [6.07, 6.45) is 1.27. The van der Waals surface area contributed by atoms with Crippen molar-refractivity contribution in [3.8, 4) is 6.07 Å². The van der Waals surface area contributed by atoms with Gasteiger partial charge in [-0.3, -0.25) is 18.7 Å². The highest BCUT2D eigenvalue weighted by Gasteiger charge is 2.22. The Kier molecular flexibility index (Phi) is 6.18. The number of benzene rings is 1. The van der Waals surface area contributed by atoms with E-state index in [1.165, 1.54) is 20.2 Å². The van der Waals surface area contributed by atoms with Crippen LogP contribution in [0.2, 0.25) is 5.02 Å². The number of nitrogens with two attached hydrogens (primary N) is 1. The molecule has 0 bridgehead atoms. The molecule has 2 N–H and O–H groups in total. The lowest BCUT2D eigenvalue weighted by Crippen LogP contribution is -2.42. The van der Waals surface area contributed by atoms with Crippen molar-refractivity contribution in [1.29, 1.82) is 5.26 Å². The van der Waals surface area contributed by atoms with Crippen molar-refractivity contribution in [2.75, 3.05) is 12.3 Å². The Balaban J connectivity index is 2.22. The Morgan fingerprint density at radius 2 is 1.82 bits per heavy atom. The molecule has 0 radical (unpaired) electrons. The van der Waals surface area contributed by atoms with Gasteiger partial charge in [-0.2, -0.15) is 5.26 Å². The number of rotatable bonds is 5. The van der Waals surface area contributed by atoms with Crippen LogP contribution in [0, 0.1) is 11.3 Å². The Morgan fingerprint density at radius 1 is 1.21 bits per heavy atom. The fourth-order valence-electron chi connectivity index (χ4n) is 2.27. The number of ether oxygens (including phenoxy) is 1. The van der Waals surface area contributed by atoms with Crippen LogP contribution in [0.25, 0.3) is 6.08 Å². The Bertz CT molecular complexity index is 1140. The maximum atomic E-state index is 12.3. The predicted octanol–water partition coefficient (Wildman–Crippen LogP) is 0.653.